The topological polar surface area (TPSA) is 69.2 Å². The molecule has 1 aliphatic heterocycles. The van der Waals surface area contributed by atoms with E-state index in [0.29, 0.717) is 53.4 Å². The van der Waals surface area contributed by atoms with Crippen molar-refractivity contribution in [3.8, 4) is 17.2 Å². The molecule has 0 saturated carbocycles. The Morgan fingerprint density at radius 1 is 1.03 bits per heavy atom. The Hall–Kier alpha value is -3.51. The van der Waals surface area contributed by atoms with E-state index in [2.05, 4.69) is 10.5 Å². The first-order valence-electron chi connectivity index (χ1n) is 9.81. The molecule has 0 spiro atoms. The SMILES string of the molecule is CC(=NNC(=O)c1ccccc1OCc1ccc(Cl)cc1)c1ccc2c(c1)OCCO2. The van der Waals surface area contributed by atoms with Crippen LogP contribution in [-0.4, -0.2) is 24.8 Å². The second-order valence-corrected chi connectivity index (χ2v) is 7.34. The molecular weight excluding hydrogens is 416 g/mol. The Balaban J connectivity index is 1.44. The molecule has 4 rings (SSSR count). The summed E-state index contributed by atoms with van der Waals surface area (Å²) >= 11 is 5.92. The van der Waals surface area contributed by atoms with Crippen LogP contribution in [0, 0.1) is 0 Å². The lowest BCUT2D eigenvalue weighted by molar-refractivity contribution is 0.0950. The Morgan fingerprint density at radius 3 is 2.58 bits per heavy atom. The number of benzene rings is 3. The number of amides is 1. The van der Waals surface area contributed by atoms with E-state index in [1.165, 1.54) is 0 Å². The van der Waals surface area contributed by atoms with Crippen LogP contribution in [0.4, 0.5) is 0 Å². The van der Waals surface area contributed by atoms with Crippen LogP contribution in [0.25, 0.3) is 0 Å². The summed E-state index contributed by atoms with van der Waals surface area (Å²) in [5.74, 6) is 1.50. The summed E-state index contributed by atoms with van der Waals surface area (Å²) in [6.07, 6.45) is 0. The summed E-state index contributed by atoms with van der Waals surface area (Å²) in [4.78, 5) is 12.7. The number of fused-ring (bicyclic) bond motifs is 1. The number of carbonyl (C=O) groups is 1. The van der Waals surface area contributed by atoms with E-state index in [4.69, 9.17) is 25.8 Å². The normalized spacial score (nSPS) is 12.9. The van der Waals surface area contributed by atoms with Gasteiger partial charge in [-0.05, 0) is 55.0 Å². The van der Waals surface area contributed by atoms with Gasteiger partial charge in [0.1, 0.15) is 25.6 Å². The quantitative estimate of drug-likeness (QED) is 0.443. The zero-order valence-electron chi connectivity index (χ0n) is 16.9. The first-order chi connectivity index (χ1) is 15.1. The minimum Gasteiger partial charge on any atom is -0.488 e. The number of nitrogens with zero attached hydrogens (tertiary/aromatic N) is 1. The first kappa shape index (κ1) is 20.8. The van der Waals surface area contributed by atoms with Gasteiger partial charge in [0.2, 0.25) is 0 Å². The number of nitrogens with one attached hydrogen (secondary N) is 1. The fourth-order valence-corrected chi connectivity index (χ4v) is 3.18. The molecule has 0 fully saturated rings. The second kappa shape index (κ2) is 9.53. The molecule has 1 N–H and O–H groups in total. The maximum atomic E-state index is 12.7. The Morgan fingerprint density at radius 2 is 1.77 bits per heavy atom. The lowest BCUT2D eigenvalue weighted by atomic mass is 10.1. The number of ether oxygens (including phenoxy) is 3. The van der Waals surface area contributed by atoms with Crippen molar-refractivity contribution in [1.82, 2.24) is 5.43 Å². The number of hydrazone groups is 1. The first-order valence-corrected chi connectivity index (χ1v) is 10.2. The molecule has 0 bridgehead atoms. The standard InChI is InChI=1S/C24H21ClN2O4/c1-16(18-8-11-22-23(14-18)30-13-12-29-22)26-27-24(28)20-4-2-3-5-21(20)31-15-17-6-9-19(25)10-7-17/h2-11,14H,12-13,15H2,1H3,(H,27,28). The zero-order chi connectivity index (χ0) is 21.6. The number of hydrogen-bond acceptors (Lipinski definition) is 5. The van der Waals surface area contributed by atoms with Crippen LogP contribution in [0.5, 0.6) is 17.2 Å². The van der Waals surface area contributed by atoms with Crippen molar-refractivity contribution in [3.63, 3.8) is 0 Å². The molecule has 0 radical (unpaired) electrons. The molecule has 1 aliphatic rings. The number of rotatable bonds is 6. The monoisotopic (exact) mass is 436 g/mol. The largest absolute Gasteiger partial charge is 0.488 e. The summed E-state index contributed by atoms with van der Waals surface area (Å²) in [5.41, 5.74) is 5.43. The van der Waals surface area contributed by atoms with E-state index in [9.17, 15) is 4.79 Å². The highest BCUT2D eigenvalue weighted by atomic mass is 35.5. The molecule has 0 aliphatic carbocycles. The van der Waals surface area contributed by atoms with E-state index < -0.39 is 0 Å². The van der Waals surface area contributed by atoms with Gasteiger partial charge in [0.15, 0.2) is 11.5 Å². The zero-order valence-corrected chi connectivity index (χ0v) is 17.7. The molecule has 3 aromatic rings. The third-order valence-corrected chi connectivity index (χ3v) is 4.98. The van der Waals surface area contributed by atoms with Gasteiger partial charge in [0.25, 0.3) is 5.91 Å². The molecule has 0 saturated heterocycles. The predicted molar refractivity (Wildman–Crippen MR) is 119 cm³/mol. The summed E-state index contributed by atoms with van der Waals surface area (Å²) in [6, 6.07) is 20.0. The highest BCUT2D eigenvalue weighted by Crippen LogP contribution is 2.31. The molecule has 158 valence electrons. The Labute approximate surface area is 185 Å². The minimum absolute atomic E-state index is 0.320. The van der Waals surface area contributed by atoms with Gasteiger partial charge in [-0.2, -0.15) is 5.10 Å². The Kier molecular flexibility index (Phi) is 6.38. The minimum atomic E-state index is -0.358. The summed E-state index contributed by atoms with van der Waals surface area (Å²) in [5, 5.41) is 4.90. The fraction of sp³-hybridized carbons (Fsp3) is 0.167. The molecule has 0 atom stereocenters. The molecule has 3 aromatic carbocycles. The highest BCUT2D eigenvalue weighted by molar-refractivity contribution is 6.30. The van der Waals surface area contributed by atoms with Gasteiger partial charge >= 0.3 is 0 Å². The van der Waals surface area contributed by atoms with Crippen molar-refractivity contribution in [2.75, 3.05) is 13.2 Å². The van der Waals surface area contributed by atoms with Crippen LogP contribution >= 0.6 is 11.6 Å². The summed E-state index contributed by atoms with van der Waals surface area (Å²) in [7, 11) is 0. The van der Waals surface area contributed by atoms with Crippen molar-refractivity contribution in [2.45, 2.75) is 13.5 Å². The van der Waals surface area contributed by atoms with Crippen molar-refractivity contribution in [2.24, 2.45) is 5.10 Å². The van der Waals surface area contributed by atoms with E-state index in [1.807, 2.05) is 43.3 Å². The van der Waals surface area contributed by atoms with Crippen molar-refractivity contribution >= 4 is 23.2 Å². The van der Waals surface area contributed by atoms with Gasteiger partial charge < -0.3 is 14.2 Å². The third-order valence-electron chi connectivity index (χ3n) is 4.72. The molecule has 1 amide bonds. The van der Waals surface area contributed by atoms with Gasteiger partial charge in [0.05, 0.1) is 11.3 Å². The molecule has 31 heavy (non-hydrogen) atoms. The summed E-state index contributed by atoms with van der Waals surface area (Å²) in [6.45, 7) is 3.18. The molecule has 0 unspecified atom stereocenters. The second-order valence-electron chi connectivity index (χ2n) is 6.91. The van der Waals surface area contributed by atoms with Crippen LogP contribution in [0.15, 0.2) is 71.8 Å². The highest BCUT2D eigenvalue weighted by Gasteiger charge is 2.14. The van der Waals surface area contributed by atoms with Crippen LogP contribution in [-0.2, 0) is 6.61 Å². The Bertz CT molecular complexity index is 1110. The number of carbonyl (C=O) groups excluding carboxylic acids is 1. The third kappa shape index (κ3) is 5.16. The molecule has 1 heterocycles. The molecular formula is C24H21ClN2O4. The predicted octanol–water partition coefficient (Wildman–Crippen LogP) is 4.84. The molecule has 7 heteroatoms. The van der Waals surface area contributed by atoms with Crippen LogP contribution in [0.1, 0.15) is 28.4 Å². The smallest absolute Gasteiger partial charge is 0.275 e. The van der Waals surface area contributed by atoms with Crippen LogP contribution in [0.3, 0.4) is 0 Å². The van der Waals surface area contributed by atoms with E-state index >= 15 is 0 Å². The molecule has 0 aromatic heterocycles. The van der Waals surface area contributed by atoms with Crippen molar-refractivity contribution in [3.05, 3.63) is 88.4 Å². The maximum Gasteiger partial charge on any atom is 0.275 e. The van der Waals surface area contributed by atoms with Gasteiger partial charge in [0, 0.05) is 10.6 Å². The van der Waals surface area contributed by atoms with E-state index in [-0.39, 0.29) is 5.91 Å². The average molecular weight is 437 g/mol. The van der Waals surface area contributed by atoms with Crippen molar-refractivity contribution < 1.29 is 19.0 Å². The van der Waals surface area contributed by atoms with Gasteiger partial charge in [-0.15, -0.1) is 0 Å². The summed E-state index contributed by atoms with van der Waals surface area (Å²) < 4.78 is 17.0. The fourth-order valence-electron chi connectivity index (χ4n) is 3.05. The van der Waals surface area contributed by atoms with E-state index in [0.717, 1.165) is 11.1 Å². The molecule has 6 nitrogen and oxygen atoms in total. The van der Waals surface area contributed by atoms with Crippen LogP contribution < -0.4 is 19.6 Å². The lowest BCUT2D eigenvalue weighted by Gasteiger charge is -2.18. The van der Waals surface area contributed by atoms with Crippen molar-refractivity contribution in [1.29, 1.82) is 0 Å². The number of hydrogen-bond donors (Lipinski definition) is 1. The number of halogens is 1. The van der Waals surface area contributed by atoms with Crippen LogP contribution in [0.2, 0.25) is 5.02 Å². The van der Waals surface area contributed by atoms with Gasteiger partial charge in [-0.3, -0.25) is 4.79 Å². The number of para-hydroxylation sites is 1. The average Bonchev–Trinajstić information content (AvgIpc) is 2.82. The van der Waals surface area contributed by atoms with Gasteiger partial charge in [-0.1, -0.05) is 35.9 Å². The maximum absolute atomic E-state index is 12.7. The lowest BCUT2D eigenvalue weighted by Crippen LogP contribution is -2.20. The van der Waals surface area contributed by atoms with E-state index in [1.54, 1.807) is 30.3 Å². The van der Waals surface area contributed by atoms with Gasteiger partial charge in [-0.25, -0.2) is 5.43 Å².